The van der Waals surface area contributed by atoms with Gasteiger partial charge in [0.25, 0.3) is 0 Å². The Morgan fingerprint density at radius 3 is 1.95 bits per heavy atom. The van der Waals surface area contributed by atoms with Gasteiger partial charge in [-0.05, 0) is 24.8 Å². The number of carboxylic acids is 1. The van der Waals surface area contributed by atoms with Crippen LogP contribution in [0.1, 0.15) is 53.9 Å². The van der Waals surface area contributed by atoms with E-state index in [1.165, 1.54) is 0 Å². The molecule has 0 amide bonds. The highest BCUT2D eigenvalue weighted by atomic mass is 19.1. The lowest BCUT2D eigenvalue weighted by Crippen LogP contribution is -2.14. The minimum atomic E-state index is -0.713. The van der Waals surface area contributed by atoms with Gasteiger partial charge in [-0.2, -0.15) is 0 Å². The Morgan fingerprint density at radius 1 is 1.25 bits per heavy atom. The van der Waals surface area contributed by atoms with Crippen LogP contribution in [0.3, 0.4) is 0 Å². The first-order chi connectivity index (χ1) is 9.75. The number of halogens is 1. The van der Waals surface area contributed by atoms with Gasteiger partial charge in [0.2, 0.25) is 0 Å². The van der Waals surface area contributed by atoms with Gasteiger partial charge in [0.1, 0.15) is 0 Å². The van der Waals surface area contributed by atoms with E-state index in [9.17, 15) is 9.18 Å². The fraction of sp³-hybridized carbons (Fsp3) is 0.588. The standard InChI is InChI=1S/C10H14O2.2C2H6.C2H4.CH3F/c1-2-9(10(11)12)8-6-4-3-5-7-8;4*1-2/h4,6-7,9H,2-3,5H2,1H3,(H,11,12);2*1-2H3;1-2H2;1H3. The summed E-state index contributed by atoms with van der Waals surface area (Å²) >= 11 is 0. The molecular formula is C17H33FO2. The van der Waals surface area contributed by atoms with Crippen LogP contribution in [0.5, 0.6) is 0 Å². The monoisotopic (exact) mass is 288 g/mol. The zero-order chi connectivity index (χ0) is 17.0. The third-order valence-electron chi connectivity index (χ3n) is 2.13. The SMILES string of the molecule is C=C.CC.CC.CCC(C(=O)O)C1=CCCC=C1.CF. The van der Waals surface area contributed by atoms with E-state index in [2.05, 4.69) is 13.2 Å². The number of rotatable bonds is 3. The summed E-state index contributed by atoms with van der Waals surface area (Å²) in [4.78, 5) is 10.8. The quantitative estimate of drug-likeness (QED) is 0.665. The number of carboxylic acid groups (broad SMARTS) is 1. The second-order valence-corrected chi connectivity index (χ2v) is 2.98. The van der Waals surface area contributed by atoms with Crippen molar-refractivity contribution in [2.75, 3.05) is 7.18 Å². The average Bonchev–Trinajstić information content (AvgIpc) is 2.56. The van der Waals surface area contributed by atoms with Gasteiger partial charge in [0.15, 0.2) is 0 Å². The Labute approximate surface area is 125 Å². The van der Waals surface area contributed by atoms with Crippen molar-refractivity contribution in [3.05, 3.63) is 37.0 Å². The number of hydrogen-bond acceptors (Lipinski definition) is 1. The fourth-order valence-electron chi connectivity index (χ4n) is 1.44. The predicted octanol–water partition coefficient (Wildman–Crippen LogP) is 5.81. The highest BCUT2D eigenvalue weighted by Crippen LogP contribution is 2.21. The van der Waals surface area contributed by atoms with E-state index in [1.807, 2.05) is 52.8 Å². The van der Waals surface area contributed by atoms with Gasteiger partial charge >= 0.3 is 5.97 Å². The van der Waals surface area contributed by atoms with Crippen LogP contribution < -0.4 is 0 Å². The normalized spacial score (nSPS) is 12.2. The first-order valence-corrected chi connectivity index (χ1v) is 7.23. The van der Waals surface area contributed by atoms with Gasteiger partial charge < -0.3 is 5.11 Å². The van der Waals surface area contributed by atoms with E-state index < -0.39 is 5.97 Å². The highest BCUT2D eigenvalue weighted by molar-refractivity contribution is 5.74. The van der Waals surface area contributed by atoms with Crippen LogP contribution in [-0.4, -0.2) is 18.3 Å². The molecule has 0 aromatic heterocycles. The molecule has 1 N–H and O–H groups in total. The minimum Gasteiger partial charge on any atom is -0.481 e. The lowest BCUT2D eigenvalue weighted by Gasteiger charge is -2.13. The number of alkyl halides is 1. The molecule has 0 aliphatic heterocycles. The molecule has 120 valence electrons. The van der Waals surface area contributed by atoms with Gasteiger partial charge in [0, 0.05) is 0 Å². The molecule has 0 radical (unpaired) electrons. The molecule has 1 unspecified atom stereocenters. The van der Waals surface area contributed by atoms with Crippen molar-refractivity contribution >= 4 is 5.97 Å². The third-order valence-corrected chi connectivity index (χ3v) is 2.13. The molecule has 1 aliphatic carbocycles. The molecule has 1 aliphatic rings. The largest absolute Gasteiger partial charge is 0.481 e. The summed E-state index contributed by atoms with van der Waals surface area (Å²) < 4.78 is 9.50. The summed E-state index contributed by atoms with van der Waals surface area (Å²) in [6.45, 7) is 15.9. The summed E-state index contributed by atoms with van der Waals surface area (Å²) in [6, 6.07) is 0. The van der Waals surface area contributed by atoms with Crippen molar-refractivity contribution in [2.45, 2.75) is 53.9 Å². The smallest absolute Gasteiger partial charge is 0.310 e. The van der Waals surface area contributed by atoms with Crippen molar-refractivity contribution in [3.8, 4) is 0 Å². The van der Waals surface area contributed by atoms with Crippen LogP contribution in [-0.2, 0) is 4.79 Å². The van der Waals surface area contributed by atoms with E-state index in [0.717, 1.165) is 18.4 Å². The van der Waals surface area contributed by atoms with Crippen molar-refractivity contribution in [3.63, 3.8) is 0 Å². The van der Waals surface area contributed by atoms with Gasteiger partial charge in [0.05, 0.1) is 13.1 Å². The number of hydrogen-bond donors (Lipinski definition) is 1. The van der Waals surface area contributed by atoms with Crippen LogP contribution in [0.25, 0.3) is 0 Å². The molecule has 20 heavy (non-hydrogen) atoms. The molecule has 0 fully saturated rings. The Morgan fingerprint density at radius 2 is 1.70 bits per heavy atom. The molecule has 3 heteroatoms. The topological polar surface area (TPSA) is 37.3 Å². The van der Waals surface area contributed by atoms with Gasteiger partial charge in [-0.15, -0.1) is 13.2 Å². The zero-order valence-corrected chi connectivity index (χ0v) is 14.1. The summed E-state index contributed by atoms with van der Waals surface area (Å²) in [5.41, 5.74) is 0.969. The van der Waals surface area contributed by atoms with Crippen LogP contribution in [0, 0.1) is 5.92 Å². The van der Waals surface area contributed by atoms with E-state index in [0.29, 0.717) is 13.6 Å². The molecule has 0 aromatic carbocycles. The summed E-state index contributed by atoms with van der Waals surface area (Å²) in [5.74, 6) is -1.02. The van der Waals surface area contributed by atoms with Crippen molar-refractivity contribution in [1.29, 1.82) is 0 Å². The lowest BCUT2D eigenvalue weighted by atomic mass is 9.92. The third kappa shape index (κ3) is 14.7. The van der Waals surface area contributed by atoms with Crippen LogP contribution >= 0.6 is 0 Å². The summed E-state index contributed by atoms with van der Waals surface area (Å²) in [6.07, 6.45) is 8.70. The molecule has 1 atom stereocenters. The maximum absolute atomic E-state index is 10.8. The summed E-state index contributed by atoms with van der Waals surface area (Å²) in [5, 5.41) is 8.85. The van der Waals surface area contributed by atoms with Crippen molar-refractivity contribution in [2.24, 2.45) is 5.92 Å². The molecule has 0 bridgehead atoms. The first kappa shape index (κ1) is 27.0. The Kier molecular flexibility index (Phi) is 35.5. The van der Waals surface area contributed by atoms with Crippen molar-refractivity contribution < 1.29 is 14.3 Å². The molecule has 0 saturated carbocycles. The Hall–Kier alpha value is -1.38. The van der Waals surface area contributed by atoms with Crippen molar-refractivity contribution in [1.82, 2.24) is 0 Å². The van der Waals surface area contributed by atoms with Crippen LogP contribution in [0.4, 0.5) is 4.39 Å². The van der Waals surface area contributed by atoms with Gasteiger partial charge in [-0.1, -0.05) is 52.8 Å². The number of carbonyl (C=O) groups is 1. The molecule has 0 saturated heterocycles. The fourth-order valence-corrected chi connectivity index (χ4v) is 1.44. The van der Waals surface area contributed by atoms with Crippen LogP contribution in [0.15, 0.2) is 37.0 Å². The predicted molar refractivity (Wildman–Crippen MR) is 88.9 cm³/mol. The summed E-state index contributed by atoms with van der Waals surface area (Å²) in [7, 11) is 0.500. The Bertz CT molecular complexity index is 245. The van der Waals surface area contributed by atoms with E-state index in [-0.39, 0.29) is 5.92 Å². The molecule has 1 rings (SSSR count). The highest BCUT2D eigenvalue weighted by Gasteiger charge is 2.18. The number of allylic oxidation sites excluding steroid dienone is 3. The second kappa shape index (κ2) is 26.2. The molecule has 0 aromatic rings. The molecule has 0 spiro atoms. The first-order valence-electron chi connectivity index (χ1n) is 7.23. The second-order valence-electron chi connectivity index (χ2n) is 2.98. The number of aliphatic carboxylic acids is 1. The maximum atomic E-state index is 10.8. The molecule has 0 heterocycles. The van der Waals surface area contributed by atoms with Gasteiger partial charge in [-0.3, -0.25) is 9.18 Å². The van der Waals surface area contributed by atoms with E-state index in [1.54, 1.807) is 0 Å². The van der Waals surface area contributed by atoms with Gasteiger partial charge in [-0.25, -0.2) is 0 Å². The molecular weight excluding hydrogens is 255 g/mol. The maximum Gasteiger partial charge on any atom is 0.310 e. The van der Waals surface area contributed by atoms with Crippen LogP contribution in [0.2, 0.25) is 0 Å². The average molecular weight is 288 g/mol. The van der Waals surface area contributed by atoms with E-state index >= 15 is 0 Å². The minimum absolute atomic E-state index is 0.304. The lowest BCUT2D eigenvalue weighted by molar-refractivity contribution is -0.140. The Balaban J connectivity index is -0.000000138. The zero-order valence-electron chi connectivity index (χ0n) is 14.1. The molecule has 2 nitrogen and oxygen atoms in total. The van der Waals surface area contributed by atoms with E-state index in [4.69, 9.17) is 5.11 Å².